The van der Waals surface area contributed by atoms with E-state index in [-0.39, 0.29) is 6.79 Å². The summed E-state index contributed by atoms with van der Waals surface area (Å²) in [6.45, 7) is 4.09. The lowest BCUT2D eigenvalue weighted by Crippen LogP contribution is -2.11. The zero-order chi connectivity index (χ0) is 21.3. The maximum Gasteiger partial charge on any atom is 0.342 e. The van der Waals surface area contributed by atoms with Crippen molar-refractivity contribution in [2.24, 2.45) is 0 Å². The van der Waals surface area contributed by atoms with E-state index in [0.29, 0.717) is 33.6 Å². The number of para-hydroxylation sites is 1. The van der Waals surface area contributed by atoms with Gasteiger partial charge in [-0.25, -0.2) is 4.79 Å². The summed E-state index contributed by atoms with van der Waals surface area (Å²) in [5, 5.41) is 4.10. The van der Waals surface area contributed by atoms with E-state index in [1.165, 1.54) is 0 Å². The number of hydrogen-bond donors (Lipinski definition) is 1. The van der Waals surface area contributed by atoms with E-state index < -0.39 is 14.2 Å². The van der Waals surface area contributed by atoms with Crippen molar-refractivity contribution in [2.45, 2.75) is 13.8 Å². The Morgan fingerprint density at radius 3 is 2.32 bits per heavy atom. The number of carbonyl (C=O) groups excluding carboxylic acids is 1. The number of aryl methyl sites for hydroxylation is 1. The van der Waals surface area contributed by atoms with Gasteiger partial charge in [0.25, 0.3) is 0 Å². The second-order valence-electron chi connectivity index (χ2n) is 5.14. The van der Waals surface area contributed by atoms with Crippen LogP contribution < -0.4 is 5.32 Å². The molecule has 0 fully saturated rings. The van der Waals surface area contributed by atoms with E-state index in [1.807, 2.05) is 19.9 Å². The number of halogens is 4. The summed E-state index contributed by atoms with van der Waals surface area (Å²) in [6, 6.07) is 10.6. The van der Waals surface area contributed by atoms with E-state index in [1.54, 1.807) is 30.3 Å². The van der Waals surface area contributed by atoms with Crippen molar-refractivity contribution < 1.29 is 22.7 Å². The first-order valence-electron chi connectivity index (χ1n) is 7.74. The predicted molar refractivity (Wildman–Crippen MR) is 113 cm³/mol. The molecule has 11 heteroatoms. The molecule has 2 aromatic carbocycles. The van der Waals surface area contributed by atoms with Gasteiger partial charge in [-0.1, -0.05) is 41.4 Å². The molecule has 0 aliphatic heterocycles. The van der Waals surface area contributed by atoms with E-state index in [9.17, 15) is 4.79 Å². The Morgan fingerprint density at radius 2 is 1.71 bits per heavy atom. The van der Waals surface area contributed by atoms with Crippen LogP contribution in [0.25, 0.3) is 0 Å². The highest BCUT2D eigenvalue weighted by Crippen LogP contribution is 2.36. The van der Waals surface area contributed by atoms with Crippen molar-refractivity contribution in [1.29, 1.82) is 0 Å². The summed E-state index contributed by atoms with van der Waals surface area (Å²) in [5.41, 5.74) is 2.37. The van der Waals surface area contributed by atoms with Gasteiger partial charge < -0.3 is 14.8 Å². The molecule has 0 heterocycles. The molecule has 6 nitrogen and oxygen atoms in total. The zero-order valence-corrected chi connectivity index (χ0v) is 18.7. The summed E-state index contributed by atoms with van der Waals surface area (Å²) in [6.07, 6.45) is 0. The molecule has 28 heavy (non-hydrogen) atoms. The van der Waals surface area contributed by atoms with Gasteiger partial charge in [-0.15, -0.1) is 0 Å². The van der Waals surface area contributed by atoms with Gasteiger partial charge in [0.2, 0.25) is 0 Å². The molecule has 0 atom stereocenters. The Balaban J connectivity index is 0.000000696. The number of hydrogen-bond acceptors (Lipinski definition) is 6. The van der Waals surface area contributed by atoms with Crippen molar-refractivity contribution in [3.63, 3.8) is 0 Å². The van der Waals surface area contributed by atoms with Gasteiger partial charge in [0.05, 0.1) is 27.0 Å². The van der Waals surface area contributed by atoms with Crippen LogP contribution in [0.3, 0.4) is 0 Å². The second kappa shape index (κ2) is 11.7. The maximum absolute atomic E-state index is 12.2. The van der Waals surface area contributed by atoms with Gasteiger partial charge in [-0.2, -0.15) is 8.42 Å². The molecule has 154 valence electrons. The van der Waals surface area contributed by atoms with E-state index >= 15 is 0 Å². The van der Waals surface area contributed by atoms with Crippen LogP contribution in [-0.2, 0) is 17.7 Å². The third-order valence-electron chi connectivity index (χ3n) is 3.17. The largest absolute Gasteiger partial charge is 0.435 e. The molecular formula is C17H17Cl4NO5S. The third kappa shape index (κ3) is 8.86. The van der Waals surface area contributed by atoms with Gasteiger partial charge in [0.15, 0.2) is 6.79 Å². The number of anilines is 2. The van der Waals surface area contributed by atoms with Crippen molar-refractivity contribution in [2.75, 3.05) is 18.7 Å². The minimum atomic E-state index is -3.72. The highest BCUT2D eigenvalue weighted by Gasteiger charge is 2.15. The standard InChI is InChI=1S/C17H17Cl2NO3.Cl2O2S/c1-3-22-10-23-17(21)12-6-4-5-7-14(12)20-16-13(18)9-8-11(2)15(16)19;1-5(2,3)4/h4-9,20H,3,10H2,1-2H3;. The quantitative estimate of drug-likeness (QED) is 0.235. The molecular weight excluding hydrogens is 472 g/mol. The number of nitrogens with one attached hydrogen (secondary N) is 1. The van der Waals surface area contributed by atoms with Crippen LogP contribution in [0.4, 0.5) is 11.4 Å². The van der Waals surface area contributed by atoms with Crippen LogP contribution in [0.15, 0.2) is 36.4 Å². The zero-order valence-electron chi connectivity index (χ0n) is 14.8. The lowest BCUT2D eigenvalue weighted by atomic mass is 10.1. The van der Waals surface area contributed by atoms with Crippen molar-refractivity contribution in [1.82, 2.24) is 0 Å². The van der Waals surface area contributed by atoms with Crippen LogP contribution >= 0.6 is 44.6 Å². The molecule has 0 amide bonds. The van der Waals surface area contributed by atoms with Crippen LogP contribution in [0, 0.1) is 6.92 Å². The molecule has 0 unspecified atom stereocenters. The topological polar surface area (TPSA) is 81.7 Å². The monoisotopic (exact) mass is 487 g/mol. The van der Waals surface area contributed by atoms with E-state index in [0.717, 1.165) is 5.56 Å². The number of rotatable bonds is 6. The Morgan fingerprint density at radius 1 is 1.11 bits per heavy atom. The minimum absolute atomic E-state index is 0.0877. The highest BCUT2D eigenvalue weighted by molar-refractivity contribution is 8.31. The van der Waals surface area contributed by atoms with Gasteiger partial charge in [0.1, 0.15) is 0 Å². The molecule has 1 N–H and O–H groups in total. The summed E-state index contributed by atoms with van der Waals surface area (Å²) in [4.78, 5) is 12.2. The van der Waals surface area contributed by atoms with Gasteiger partial charge in [-0.3, -0.25) is 0 Å². The van der Waals surface area contributed by atoms with Crippen molar-refractivity contribution >= 4 is 70.2 Å². The molecule has 0 aromatic heterocycles. The lowest BCUT2D eigenvalue weighted by Gasteiger charge is -2.15. The molecule has 0 aliphatic rings. The van der Waals surface area contributed by atoms with Crippen molar-refractivity contribution in [3.05, 3.63) is 57.6 Å². The van der Waals surface area contributed by atoms with Crippen LogP contribution in [0.5, 0.6) is 0 Å². The smallest absolute Gasteiger partial charge is 0.342 e. The Labute approximate surface area is 182 Å². The average Bonchev–Trinajstić information content (AvgIpc) is 2.61. The summed E-state index contributed by atoms with van der Waals surface area (Å²) in [7, 11) is 4.81. The summed E-state index contributed by atoms with van der Waals surface area (Å²) in [5.74, 6) is -0.485. The molecule has 0 saturated heterocycles. The fourth-order valence-electron chi connectivity index (χ4n) is 1.93. The second-order valence-corrected chi connectivity index (χ2v) is 9.60. The van der Waals surface area contributed by atoms with Crippen LogP contribution in [-0.4, -0.2) is 27.8 Å². The SMILES string of the molecule is CCOCOC(=O)c1ccccc1Nc1c(Cl)ccc(C)c1Cl.O=S(=O)(Cl)Cl. The Kier molecular flexibility index (Phi) is 10.4. The molecule has 2 rings (SSSR count). The summed E-state index contributed by atoms with van der Waals surface area (Å²) < 4.78 is 28.4. The van der Waals surface area contributed by atoms with Gasteiger partial charge in [0, 0.05) is 28.0 Å². The van der Waals surface area contributed by atoms with Gasteiger partial charge >= 0.3 is 14.2 Å². The lowest BCUT2D eigenvalue weighted by molar-refractivity contribution is -0.0273. The Bertz CT molecular complexity index is 914. The highest BCUT2D eigenvalue weighted by atomic mass is 36.0. The molecule has 2 aromatic rings. The number of benzene rings is 2. The molecule has 0 bridgehead atoms. The van der Waals surface area contributed by atoms with Crippen LogP contribution in [0.2, 0.25) is 10.0 Å². The maximum atomic E-state index is 12.2. The van der Waals surface area contributed by atoms with E-state index in [4.69, 9.17) is 41.1 Å². The first kappa shape index (κ1) is 24.8. The Hall–Kier alpha value is -1.22. The average molecular weight is 489 g/mol. The number of ether oxygens (including phenoxy) is 2. The van der Waals surface area contributed by atoms with Gasteiger partial charge in [-0.05, 0) is 37.6 Å². The molecule has 0 aliphatic carbocycles. The summed E-state index contributed by atoms with van der Waals surface area (Å²) >= 11 is 12.5. The fraction of sp³-hybridized carbons (Fsp3) is 0.235. The van der Waals surface area contributed by atoms with Crippen molar-refractivity contribution in [3.8, 4) is 0 Å². The first-order valence-corrected chi connectivity index (χ1v) is 11.6. The fourth-order valence-corrected chi connectivity index (χ4v) is 2.40. The minimum Gasteiger partial charge on any atom is -0.435 e. The normalized spacial score (nSPS) is 10.6. The molecule has 0 spiro atoms. The first-order chi connectivity index (χ1) is 13.0. The molecule has 0 radical (unpaired) electrons. The van der Waals surface area contributed by atoms with Crippen LogP contribution in [0.1, 0.15) is 22.8 Å². The van der Waals surface area contributed by atoms with E-state index in [2.05, 4.69) is 26.7 Å². The number of carbonyl (C=O) groups is 1. The third-order valence-corrected chi connectivity index (χ3v) is 3.97. The molecule has 0 saturated carbocycles. The predicted octanol–water partition coefficient (Wildman–Crippen LogP) is 5.91. The number of esters is 1.